The molecule has 2 nitrogen and oxygen atoms in total. The van der Waals surface area contributed by atoms with Gasteiger partial charge in [0.05, 0.1) is 5.02 Å². The Balaban J connectivity index is 0.000000454. The van der Waals surface area contributed by atoms with Crippen molar-refractivity contribution in [3.63, 3.8) is 0 Å². The summed E-state index contributed by atoms with van der Waals surface area (Å²) in [5, 5.41) is 0.836. The third-order valence-corrected chi connectivity index (χ3v) is 6.50. The zero-order valence-electron chi connectivity index (χ0n) is 19.6. The molecule has 0 aromatic heterocycles. The lowest BCUT2D eigenvalue weighted by atomic mass is 9.66. The number of fused-ring (bicyclic) bond motifs is 1. The largest absolute Gasteiger partial charge is 0.368 e. The summed E-state index contributed by atoms with van der Waals surface area (Å²) >= 11 is 6.47. The third kappa shape index (κ3) is 7.17. The molecular weight excluding hydrogens is 378 g/mol. The normalized spacial score (nSPS) is 23.0. The van der Waals surface area contributed by atoms with Gasteiger partial charge in [-0.2, -0.15) is 0 Å². The molecule has 3 rings (SSSR count). The molecule has 1 heterocycles. The molecule has 0 bridgehead atoms. The number of hydrogen-bond donors (Lipinski definition) is 0. The van der Waals surface area contributed by atoms with Gasteiger partial charge in [0, 0.05) is 30.3 Å². The van der Waals surface area contributed by atoms with Crippen LogP contribution in [0.4, 0.5) is 0 Å². The van der Waals surface area contributed by atoms with E-state index in [2.05, 4.69) is 37.5 Å². The van der Waals surface area contributed by atoms with Crippen LogP contribution in [0.15, 0.2) is 24.8 Å². The number of hydrogen-bond acceptors (Lipinski definition) is 2. The summed E-state index contributed by atoms with van der Waals surface area (Å²) in [6.07, 6.45) is 9.76. The van der Waals surface area contributed by atoms with Crippen LogP contribution in [0.5, 0.6) is 0 Å². The lowest BCUT2D eigenvalue weighted by Crippen LogP contribution is -2.51. The Morgan fingerprint density at radius 3 is 2.45 bits per heavy atom. The Bertz CT molecular complexity index is 665. The van der Waals surface area contributed by atoms with Crippen molar-refractivity contribution in [1.29, 1.82) is 0 Å². The first kappa shape index (κ1) is 25.8. The van der Waals surface area contributed by atoms with E-state index in [1.807, 2.05) is 26.8 Å². The average molecular weight is 420 g/mol. The number of carbonyl (C=O) groups is 1. The molecule has 1 unspecified atom stereocenters. The number of nitrogens with zero attached hydrogens (tertiary/aromatic N) is 1. The second kappa shape index (κ2) is 12.4. The molecule has 1 saturated carbocycles. The summed E-state index contributed by atoms with van der Waals surface area (Å²) in [4.78, 5) is 12.6. The Labute approximate surface area is 184 Å². The standard InChI is InChI=1S/C19H26ClN.C5H10O.C2H6/c1-14-8-9-16(17(20)13-14)15(2)21-12-6-11-19(3)10-5-4-7-18(19)21;1-3-4-5(2)6;1-2/h8-9,13,18H,2,4-7,10-12H2,1,3H3;3-4H2,1-2H3;1-2H3/t18?,19-;;/m0../s1. The molecule has 0 N–H and O–H groups in total. The quantitative estimate of drug-likeness (QED) is 0.491. The SMILES string of the molecule is C=C(c1ccc(C)cc1Cl)N1CCC[C@]2(C)CCCCC12.CC.CCCC(C)=O. The van der Waals surface area contributed by atoms with Crippen LogP contribution in [-0.2, 0) is 4.79 Å². The zero-order valence-corrected chi connectivity index (χ0v) is 20.4. The number of Topliss-reactive ketones (excluding diaryl/α,β-unsaturated/α-hetero) is 1. The van der Waals surface area contributed by atoms with E-state index in [0.29, 0.717) is 11.5 Å². The predicted molar refractivity (Wildman–Crippen MR) is 128 cm³/mol. The van der Waals surface area contributed by atoms with E-state index >= 15 is 0 Å². The summed E-state index contributed by atoms with van der Waals surface area (Å²) in [6, 6.07) is 6.96. The first-order chi connectivity index (χ1) is 13.8. The molecule has 1 saturated heterocycles. The van der Waals surface area contributed by atoms with E-state index in [4.69, 9.17) is 11.6 Å². The molecule has 3 heteroatoms. The molecule has 1 aliphatic carbocycles. The average Bonchev–Trinajstić information content (AvgIpc) is 2.68. The number of aryl methyl sites for hydroxylation is 1. The Hall–Kier alpha value is -1.28. The van der Waals surface area contributed by atoms with Crippen LogP contribution in [0.25, 0.3) is 5.70 Å². The number of carbonyl (C=O) groups excluding carboxylic acids is 1. The van der Waals surface area contributed by atoms with Crippen LogP contribution in [-0.4, -0.2) is 23.3 Å². The van der Waals surface area contributed by atoms with Crippen molar-refractivity contribution in [1.82, 2.24) is 4.90 Å². The number of likely N-dealkylation sites (tertiary alicyclic amines) is 1. The van der Waals surface area contributed by atoms with Gasteiger partial charge >= 0.3 is 0 Å². The predicted octanol–water partition coefficient (Wildman–Crippen LogP) is 8.07. The van der Waals surface area contributed by atoms with Gasteiger partial charge in [-0.3, -0.25) is 0 Å². The van der Waals surface area contributed by atoms with E-state index in [9.17, 15) is 4.79 Å². The molecular formula is C26H42ClNO. The van der Waals surface area contributed by atoms with E-state index in [1.54, 1.807) is 6.92 Å². The molecule has 1 aromatic carbocycles. The van der Waals surface area contributed by atoms with Gasteiger partial charge in [-0.25, -0.2) is 0 Å². The molecule has 0 radical (unpaired) electrons. The maximum atomic E-state index is 10.0. The summed E-state index contributed by atoms with van der Waals surface area (Å²) in [7, 11) is 0. The Kier molecular flexibility index (Phi) is 11.0. The second-order valence-electron chi connectivity index (χ2n) is 8.59. The number of ketones is 1. The highest BCUT2D eigenvalue weighted by molar-refractivity contribution is 6.32. The van der Waals surface area contributed by atoms with Crippen molar-refractivity contribution in [2.24, 2.45) is 5.41 Å². The summed E-state index contributed by atoms with van der Waals surface area (Å²) in [5.74, 6) is 0.289. The van der Waals surface area contributed by atoms with Gasteiger partial charge in [0.25, 0.3) is 0 Å². The maximum Gasteiger partial charge on any atom is 0.129 e. The molecule has 164 valence electrons. The Morgan fingerprint density at radius 1 is 1.24 bits per heavy atom. The minimum atomic E-state index is 0.289. The Morgan fingerprint density at radius 2 is 1.90 bits per heavy atom. The van der Waals surface area contributed by atoms with E-state index < -0.39 is 0 Å². The third-order valence-electron chi connectivity index (χ3n) is 6.19. The van der Waals surface area contributed by atoms with Gasteiger partial charge in [-0.1, -0.05) is 70.8 Å². The van der Waals surface area contributed by atoms with Crippen LogP contribution in [0, 0.1) is 12.3 Å². The van der Waals surface area contributed by atoms with Crippen molar-refractivity contribution in [2.45, 2.75) is 99.0 Å². The van der Waals surface area contributed by atoms with Crippen molar-refractivity contribution in [3.05, 3.63) is 40.9 Å². The van der Waals surface area contributed by atoms with E-state index in [0.717, 1.165) is 35.7 Å². The first-order valence-electron chi connectivity index (χ1n) is 11.5. The van der Waals surface area contributed by atoms with Crippen molar-refractivity contribution < 1.29 is 4.79 Å². The number of halogens is 1. The van der Waals surface area contributed by atoms with Gasteiger partial charge in [-0.05, 0) is 63.0 Å². The zero-order chi connectivity index (χ0) is 22.0. The highest BCUT2D eigenvalue weighted by Gasteiger charge is 2.42. The van der Waals surface area contributed by atoms with E-state index in [-0.39, 0.29) is 5.78 Å². The maximum absolute atomic E-state index is 10.0. The lowest BCUT2D eigenvalue weighted by molar-refractivity contribution is -0.117. The molecule has 1 aliphatic heterocycles. The second-order valence-corrected chi connectivity index (χ2v) is 9.00. The summed E-state index contributed by atoms with van der Waals surface area (Å²) < 4.78 is 0. The van der Waals surface area contributed by atoms with Gasteiger partial charge in [-0.15, -0.1) is 0 Å². The minimum Gasteiger partial charge on any atom is -0.368 e. The highest BCUT2D eigenvalue weighted by atomic mass is 35.5. The van der Waals surface area contributed by atoms with Crippen molar-refractivity contribution >= 4 is 23.1 Å². The summed E-state index contributed by atoms with van der Waals surface area (Å²) in [6.45, 7) is 17.7. The number of piperidine rings is 1. The molecule has 2 fully saturated rings. The lowest BCUT2D eigenvalue weighted by Gasteiger charge is -2.52. The fourth-order valence-corrected chi connectivity index (χ4v) is 5.04. The van der Waals surface area contributed by atoms with Gasteiger partial charge < -0.3 is 9.69 Å². The summed E-state index contributed by atoms with van der Waals surface area (Å²) in [5.41, 5.74) is 3.91. The van der Waals surface area contributed by atoms with Crippen LogP contribution in [0.1, 0.15) is 97.1 Å². The minimum absolute atomic E-state index is 0.289. The fourth-order valence-electron chi connectivity index (χ4n) is 4.70. The van der Waals surface area contributed by atoms with E-state index in [1.165, 1.54) is 44.1 Å². The van der Waals surface area contributed by atoms with Crippen molar-refractivity contribution in [3.8, 4) is 0 Å². The molecule has 2 atom stereocenters. The van der Waals surface area contributed by atoms with Crippen LogP contribution in [0.2, 0.25) is 5.02 Å². The van der Waals surface area contributed by atoms with Crippen LogP contribution in [0.3, 0.4) is 0 Å². The van der Waals surface area contributed by atoms with Crippen LogP contribution >= 0.6 is 11.6 Å². The first-order valence-corrected chi connectivity index (χ1v) is 11.9. The van der Waals surface area contributed by atoms with Crippen LogP contribution < -0.4 is 0 Å². The molecule has 0 spiro atoms. The molecule has 29 heavy (non-hydrogen) atoms. The van der Waals surface area contributed by atoms with Crippen molar-refractivity contribution in [2.75, 3.05) is 6.54 Å². The topological polar surface area (TPSA) is 20.3 Å². The number of benzene rings is 1. The fraction of sp³-hybridized carbons (Fsp3) is 0.654. The van der Waals surface area contributed by atoms with Gasteiger partial charge in [0.2, 0.25) is 0 Å². The number of rotatable bonds is 4. The molecule has 2 aliphatic rings. The molecule has 1 aromatic rings. The monoisotopic (exact) mass is 419 g/mol. The van der Waals surface area contributed by atoms with Gasteiger partial charge in [0.1, 0.15) is 5.78 Å². The van der Waals surface area contributed by atoms with Gasteiger partial charge in [0.15, 0.2) is 0 Å². The highest BCUT2D eigenvalue weighted by Crippen LogP contribution is 2.47. The molecule has 0 amide bonds. The smallest absolute Gasteiger partial charge is 0.129 e.